The van der Waals surface area contributed by atoms with E-state index < -0.39 is 39.7 Å². The van der Waals surface area contributed by atoms with Gasteiger partial charge in [-0.2, -0.15) is 0 Å². The molecule has 0 radical (unpaired) electrons. The third kappa shape index (κ3) is 3.57. The Morgan fingerprint density at radius 2 is 1.77 bits per heavy atom. The number of anilines is 1. The molecule has 2 aromatic carbocycles. The van der Waals surface area contributed by atoms with E-state index in [0.717, 1.165) is 4.90 Å². The lowest BCUT2D eigenvalue weighted by Crippen LogP contribution is -2.54. The number of carbonyl (C=O) groups is 4. The van der Waals surface area contributed by atoms with E-state index in [1.54, 1.807) is 13.0 Å². The Bertz CT molecular complexity index is 1270. The molecule has 1 unspecified atom stereocenters. The van der Waals surface area contributed by atoms with Crippen molar-refractivity contribution in [3.8, 4) is 0 Å². The fraction of sp³-hybridized carbons (Fsp3) is 0.200. The van der Waals surface area contributed by atoms with Gasteiger partial charge in [0, 0.05) is 17.1 Å². The van der Waals surface area contributed by atoms with Gasteiger partial charge in [0.25, 0.3) is 21.8 Å². The van der Waals surface area contributed by atoms with Crippen molar-refractivity contribution in [1.29, 1.82) is 0 Å². The summed E-state index contributed by atoms with van der Waals surface area (Å²) in [5.74, 6) is -2.59. The summed E-state index contributed by atoms with van der Waals surface area (Å²) in [4.78, 5) is 49.9. The summed E-state index contributed by atoms with van der Waals surface area (Å²) in [7, 11) is -4.01. The number of piperidine rings is 1. The molecule has 31 heavy (non-hydrogen) atoms. The lowest BCUT2D eigenvalue weighted by Gasteiger charge is -2.27. The van der Waals surface area contributed by atoms with Crippen LogP contribution in [0, 0.1) is 6.92 Å². The highest BCUT2D eigenvalue weighted by molar-refractivity contribution is 7.92. The van der Waals surface area contributed by atoms with Crippen LogP contribution in [0.2, 0.25) is 5.02 Å². The summed E-state index contributed by atoms with van der Waals surface area (Å²) in [5, 5.41) is 2.41. The van der Waals surface area contributed by atoms with Gasteiger partial charge in [-0.3, -0.25) is 34.1 Å². The summed E-state index contributed by atoms with van der Waals surface area (Å²) in [6, 6.07) is 7.31. The van der Waals surface area contributed by atoms with E-state index in [2.05, 4.69) is 10.0 Å². The monoisotopic (exact) mass is 461 g/mol. The molecule has 2 heterocycles. The maximum Gasteiger partial charge on any atom is 0.262 e. The normalized spacial score (nSPS) is 18.8. The lowest BCUT2D eigenvalue weighted by atomic mass is 10.0. The molecule has 4 rings (SSSR count). The average Bonchev–Trinajstić information content (AvgIpc) is 2.94. The third-order valence-electron chi connectivity index (χ3n) is 5.20. The second-order valence-corrected chi connectivity index (χ2v) is 9.23. The van der Waals surface area contributed by atoms with E-state index in [0.29, 0.717) is 5.56 Å². The molecular formula is C20H16ClN3O6S. The summed E-state index contributed by atoms with van der Waals surface area (Å²) >= 11 is 6.01. The number of halogens is 1. The van der Waals surface area contributed by atoms with Crippen molar-refractivity contribution in [2.45, 2.75) is 30.7 Å². The molecule has 0 aliphatic carbocycles. The summed E-state index contributed by atoms with van der Waals surface area (Å²) < 4.78 is 28.0. The molecule has 2 aliphatic heterocycles. The first-order valence-corrected chi connectivity index (χ1v) is 11.1. The largest absolute Gasteiger partial charge is 0.295 e. The molecule has 2 aliphatic rings. The van der Waals surface area contributed by atoms with Gasteiger partial charge >= 0.3 is 0 Å². The molecule has 160 valence electrons. The zero-order valence-corrected chi connectivity index (χ0v) is 17.7. The molecule has 0 saturated carbocycles. The average molecular weight is 462 g/mol. The number of benzene rings is 2. The predicted octanol–water partition coefficient (Wildman–Crippen LogP) is 1.85. The van der Waals surface area contributed by atoms with Gasteiger partial charge in [0.2, 0.25) is 11.8 Å². The Labute approximate surface area is 182 Å². The predicted molar refractivity (Wildman–Crippen MR) is 110 cm³/mol. The van der Waals surface area contributed by atoms with Crippen LogP contribution in [0.5, 0.6) is 0 Å². The number of nitrogens with one attached hydrogen (secondary N) is 2. The molecule has 1 atom stereocenters. The van der Waals surface area contributed by atoms with E-state index in [1.165, 1.54) is 30.3 Å². The maximum absolute atomic E-state index is 12.9. The Balaban J connectivity index is 1.64. The van der Waals surface area contributed by atoms with Gasteiger partial charge in [-0.1, -0.05) is 17.7 Å². The number of nitrogens with zero attached hydrogens (tertiary/aromatic N) is 1. The Morgan fingerprint density at radius 3 is 2.48 bits per heavy atom. The van der Waals surface area contributed by atoms with Crippen LogP contribution in [-0.2, 0) is 19.6 Å². The highest BCUT2D eigenvalue weighted by Crippen LogP contribution is 2.31. The number of amides is 4. The summed E-state index contributed by atoms with van der Waals surface area (Å²) in [6.45, 7) is 1.57. The lowest BCUT2D eigenvalue weighted by molar-refractivity contribution is -0.136. The van der Waals surface area contributed by atoms with Crippen LogP contribution in [0.4, 0.5) is 5.69 Å². The first kappa shape index (κ1) is 21.0. The van der Waals surface area contributed by atoms with Crippen LogP contribution < -0.4 is 10.0 Å². The minimum absolute atomic E-state index is 0.00779. The first-order valence-electron chi connectivity index (χ1n) is 9.24. The van der Waals surface area contributed by atoms with Crippen molar-refractivity contribution in [2.24, 2.45) is 0 Å². The number of carbonyl (C=O) groups excluding carboxylic acids is 4. The molecule has 9 nitrogen and oxygen atoms in total. The molecule has 1 saturated heterocycles. The van der Waals surface area contributed by atoms with Crippen molar-refractivity contribution < 1.29 is 27.6 Å². The van der Waals surface area contributed by atoms with Gasteiger partial charge < -0.3 is 0 Å². The number of fused-ring (bicyclic) bond motifs is 1. The smallest absolute Gasteiger partial charge is 0.262 e. The van der Waals surface area contributed by atoms with Gasteiger partial charge in [-0.05, 0) is 49.2 Å². The second-order valence-electron chi connectivity index (χ2n) is 7.18. The minimum Gasteiger partial charge on any atom is -0.295 e. The van der Waals surface area contributed by atoms with Crippen molar-refractivity contribution in [2.75, 3.05) is 4.72 Å². The molecular weight excluding hydrogens is 446 g/mol. The molecule has 0 bridgehead atoms. The van der Waals surface area contributed by atoms with Gasteiger partial charge in [0.05, 0.1) is 16.0 Å². The van der Waals surface area contributed by atoms with Crippen LogP contribution in [0.25, 0.3) is 0 Å². The van der Waals surface area contributed by atoms with Gasteiger partial charge in [-0.25, -0.2) is 8.42 Å². The summed E-state index contributed by atoms with van der Waals surface area (Å²) in [6.07, 6.45) is 0.0392. The number of sulfonamides is 1. The molecule has 0 spiro atoms. The first-order chi connectivity index (χ1) is 14.6. The highest BCUT2D eigenvalue weighted by atomic mass is 35.5. The Kier molecular flexibility index (Phi) is 5.06. The molecule has 0 aromatic heterocycles. The highest BCUT2D eigenvalue weighted by Gasteiger charge is 2.44. The van der Waals surface area contributed by atoms with Gasteiger partial charge in [-0.15, -0.1) is 0 Å². The minimum atomic E-state index is -4.01. The van der Waals surface area contributed by atoms with Gasteiger partial charge in [0.1, 0.15) is 6.04 Å². The van der Waals surface area contributed by atoms with Crippen LogP contribution in [-0.4, -0.2) is 43.0 Å². The molecule has 11 heteroatoms. The van der Waals surface area contributed by atoms with E-state index in [9.17, 15) is 27.6 Å². The van der Waals surface area contributed by atoms with Gasteiger partial charge in [0.15, 0.2) is 0 Å². The summed E-state index contributed by atoms with van der Waals surface area (Å²) in [5.41, 5.74) is 0.465. The maximum atomic E-state index is 12.9. The van der Waals surface area contributed by atoms with E-state index >= 15 is 0 Å². The van der Waals surface area contributed by atoms with Crippen molar-refractivity contribution in [3.63, 3.8) is 0 Å². The second kappa shape index (κ2) is 7.47. The third-order valence-corrected chi connectivity index (χ3v) is 7.13. The SMILES string of the molecule is Cc1c(Cl)cccc1S(=O)(=O)Nc1ccc2c(c1)C(=O)N(C1CCC(=O)NC1=O)C2=O. The van der Waals surface area contributed by atoms with E-state index in [-0.39, 0.29) is 39.6 Å². The van der Waals surface area contributed by atoms with Crippen LogP contribution in [0.3, 0.4) is 0 Å². The number of imide groups is 2. The Hall–Kier alpha value is -3.24. The molecule has 1 fully saturated rings. The quantitative estimate of drug-likeness (QED) is 0.668. The zero-order valence-electron chi connectivity index (χ0n) is 16.1. The van der Waals surface area contributed by atoms with E-state index in [1.807, 2.05) is 0 Å². The van der Waals surface area contributed by atoms with Crippen molar-refractivity contribution >= 4 is 50.9 Å². The van der Waals surface area contributed by atoms with Crippen LogP contribution >= 0.6 is 11.6 Å². The molecule has 4 amide bonds. The van der Waals surface area contributed by atoms with Crippen LogP contribution in [0.15, 0.2) is 41.3 Å². The van der Waals surface area contributed by atoms with E-state index in [4.69, 9.17) is 11.6 Å². The number of hydrogen-bond acceptors (Lipinski definition) is 6. The number of rotatable bonds is 4. The van der Waals surface area contributed by atoms with Crippen molar-refractivity contribution in [1.82, 2.24) is 10.2 Å². The van der Waals surface area contributed by atoms with Crippen LogP contribution in [0.1, 0.15) is 39.1 Å². The molecule has 2 aromatic rings. The fourth-order valence-electron chi connectivity index (χ4n) is 3.62. The Morgan fingerprint density at radius 1 is 1.06 bits per heavy atom. The van der Waals surface area contributed by atoms with Crippen molar-refractivity contribution in [3.05, 3.63) is 58.1 Å². The fourth-order valence-corrected chi connectivity index (χ4v) is 5.17. The topological polar surface area (TPSA) is 130 Å². The zero-order chi connectivity index (χ0) is 22.5. The standard InChI is InChI=1S/C20H16ClN3O6S/c1-10-14(21)3-2-4-16(10)31(29,30)23-11-5-6-12-13(9-11)20(28)24(19(12)27)15-7-8-17(25)22-18(15)26/h2-6,9,15,23H,7-8H2,1H3,(H,22,25,26). The molecule has 2 N–H and O–H groups in total. The number of hydrogen-bond donors (Lipinski definition) is 2.